The van der Waals surface area contributed by atoms with Crippen molar-refractivity contribution in [3.05, 3.63) is 295 Å². The SMILES string of the molecule is C.C.C.CC(=O)O.CC(=O)O.CO.Fc1c(Br)c(I)c(Br)c(F)c1I.O=CO[O-].O=[C-]OO.[2H]CF.[2H]CF.[2H]c1c([2H])c([2H])c(-c2c(F)c(Br)c(-c3c([2H])c([2H])c([2H])c([2H])c3[2H])c(Br)c2F)c([2H])c1[2H].[2H]c1c([2H])c([2H])c(-c2c(F)c(C#N)c(-c3c([2H])c([2H])c([2H])c([2H])c3[2H])c([N+]#[C-])c2F)c([2H])c1[2H].[2H]c1c([2H])c([2H])c(B(O)O)c([2H])c1[2H].[C-]#N.[Cu+].[H-].[K+].[K+].[Na].[Na].[Pd].c1ccc2c(c1)[nH]c1c2ccc2c3ccccc3sc21. The Labute approximate surface area is 948 Å². The topological polar surface area (TPSA) is 299 Å². The van der Waals surface area contributed by atoms with Crippen LogP contribution < -0.4 is 113 Å². The van der Waals surface area contributed by atoms with E-state index in [4.69, 9.17) is 110 Å². The van der Waals surface area contributed by atoms with Crippen LogP contribution in [0.3, 0.4) is 0 Å². The summed E-state index contributed by atoms with van der Waals surface area (Å²) >= 11 is 17.3. The van der Waals surface area contributed by atoms with E-state index in [1.54, 1.807) is 22.6 Å². The van der Waals surface area contributed by atoms with E-state index in [0.717, 1.165) is 27.4 Å². The molecule has 0 bridgehead atoms. The van der Waals surface area contributed by atoms with E-state index in [0.29, 0.717) is 12.5 Å². The van der Waals surface area contributed by atoms with Crippen LogP contribution in [0.4, 0.5) is 40.8 Å². The molecule has 0 spiro atoms. The first-order valence-corrected chi connectivity index (χ1v) is 34.2. The molecule has 0 amide bonds. The third kappa shape index (κ3) is 41.4. The van der Waals surface area contributed by atoms with Crippen LogP contribution in [-0.4, -0.2) is 148 Å². The Balaban J connectivity index is -0.000000192. The third-order valence-corrected chi connectivity index (χ3v) is 19.6. The molecule has 120 heavy (non-hydrogen) atoms. The van der Waals surface area contributed by atoms with Gasteiger partial charge in [0.2, 0.25) is 5.69 Å². The van der Waals surface area contributed by atoms with Gasteiger partial charge >= 0.3 is 127 Å². The van der Waals surface area contributed by atoms with Crippen molar-refractivity contribution in [3.8, 4) is 50.6 Å². The molecule has 2 aromatic heterocycles. The first kappa shape index (κ1) is 86.3. The Morgan fingerprint density at radius 1 is 0.608 bits per heavy atom. The summed E-state index contributed by atoms with van der Waals surface area (Å²) < 4.78 is 315. The van der Waals surface area contributed by atoms with Crippen molar-refractivity contribution in [2.75, 3.05) is 21.4 Å². The molecule has 11 aromatic carbocycles. The molecule has 0 aliphatic heterocycles. The number of carbonyl (C=O) groups is 3. The maximum atomic E-state index is 15.6. The summed E-state index contributed by atoms with van der Waals surface area (Å²) in [6.45, 7) is 14.9. The average molecular weight is 2400 g/mol. The van der Waals surface area contributed by atoms with Crippen LogP contribution in [0.15, 0.2) is 230 Å². The number of carboxylic acid groups (broad SMARTS) is 2. The molecule has 0 fully saturated rings. The third-order valence-electron chi connectivity index (χ3n) is 11.9. The number of para-hydroxylation sites is 1. The number of alkyl halides is 2. The molecule has 0 saturated heterocycles. The standard InChI is InChI=1S/C20H10F2N2.C18H10Br2F2.C18H11NS.C6H7BO2.C6Br2F2I2.2C2H4O2.2CH3F.CN.CH2O3.CHO3.CH4O.3CH4.Cu.2K.2Na.Pd.H/c1-24-20-16(13-8-4-2-5-9-13)15(12-23)18(21)17(19(20)22)14-10-6-3-7-11-14;19-15-13(11-7-3-1-4-8-11)16(20)18(22)14(17(15)21)12-9-5-2-6-10-12;1-3-7-15-11(5-1)13-9-10-14-12-6-2-4-8-16(12)20-18(14)17(13)19-15;8-7(9)6-4-2-1-3-5-6;7-1-3(9)6(12)4(10)2(8)5(1)11;2*1-2(3)4;3*1-2;2*2-1-4-3;1-2;;;;;;;;;;/h2-11H;1-10H;1-10,19H;1-5,8-9H;;2*1H3,(H,3,4);2*1H3;;1,3H;3H;2H,1H3;3*1H4;;;;;;;/q;;;;;;;;;-1;;-1;;;;;3*+1;;;;-1/p-1/i2D,3D,4D,5D,6D,7D,8D,9D,10D,11D;1D,2D,3D,4D,5D,6D,7D,8D,9D,10D;;1D,2D,3D,4D,5D;;;;2*1D;;;;;;;;;;;;;;. The van der Waals surface area contributed by atoms with E-state index in [2.05, 4.69) is 144 Å². The Bertz CT molecular complexity index is 6390. The molecule has 0 aliphatic carbocycles. The number of aromatic nitrogens is 1. The predicted octanol–water partition coefficient (Wildman–Crippen LogP) is 16.6. The summed E-state index contributed by atoms with van der Waals surface area (Å²) in [5.74, 6) is -8.95. The van der Waals surface area contributed by atoms with Crippen molar-refractivity contribution in [3.63, 3.8) is 0 Å². The van der Waals surface area contributed by atoms with Crippen molar-refractivity contribution >= 4 is 264 Å². The maximum absolute atomic E-state index is 15.6. The molecule has 39 heteroatoms. The second kappa shape index (κ2) is 76.0. The summed E-state index contributed by atoms with van der Waals surface area (Å²) in [7, 11) is -3.07. The van der Waals surface area contributed by atoms with Gasteiger partial charge in [0.25, 0.3) is 18.4 Å². The van der Waals surface area contributed by atoms with Crippen LogP contribution in [0, 0.1) is 71.8 Å². The van der Waals surface area contributed by atoms with E-state index in [1.807, 2.05) is 33.9 Å². The second-order valence-corrected chi connectivity index (χ2v) is 24.5. The smallest absolute Gasteiger partial charge is 1.00 e. The molecule has 7 N–H and O–H groups in total. The molecule has 13 aromatic rings. The fourth-order valence-corrected chi connectivity index (χ4v) is 13.5. The molecular formula is C81H71BBr4CuF8I2K2N4Na2O13PdS-. The Kier molecular flexibility index (Phi) is 54.7. The minimum atomic E-state index is -2.07. The second-order valence-electron chi connectivity index (χ2n) is 18.2. The number of fused-ring (bicyclic) bond motifs is 7. The number of hydrogen-bond acceptors (Lipinski definition) is 14. The number of carboxylic acids is 2. The van der Waals surface area contributed by atoms with E-state index < -0.39 is 289 Å². The van der Waals surface area contributed by atoms with Gasteiger partial charge in [0.1, 0.15) is 29.3 Å². The number of aromatic amines is 1. The molecular weight excluding hydrogens is 2300 g/mol. The molecule has 0 saturated carbocycles. The minimum Gasteiger partial charge on any atom is -1.00 e. The van der Waals surface area contributed by atoms with Crippen LogP contribution in [-0.2, 0) is 66.4 Å². The molecule has 626 valence electrons. The van der Waals surface area contributed by atoms with Gasteiger partial charge in [-0.1, -0.05) is 222 Å². The molecule has 17 nitrogen and oxygen atoms in total. The van der Waals surface area contributed by atoms with Gasteiger partial charge in [-0.05, 0) is 155 Å². The Hall–Kier alpha value is -3.07. The van der Waals surface area contributed by atoms with Crippen LogP contribution in [0.2, 0.25) is 0 Å². The zero-order chi connectivity index (χ0) is 107. The number of hydrogen-bond donors (Lipinski definition) is 7. The van der Waals surface area contributed by atoms with Crippen molar-refractivity contribution in [2.24, 2.45) is 0 Å². The van der Waals surface area contributed by atoms with Gasteiger partial charge in [-0.2, -0.15) is 5.26 Å². The van der Waals surface area contributed by atoms with Crippen LogP contribution in [0.1, 0.15) is 80.1 Å². The largest absolute Gasteiger partial charge is 1.00 e. The van der Waals surface area contributed by atoms with Gasteiger partial charge in [-0.25, -0.2) is 36.4 Å². The van der Waals surface area contributed by atoms with E-state index in [1.165, 1.54) is 48.0 Å². The number of H-pyrrole nitrogens is 1. The number of carbonyl (C=O) groups excluding carboxylic acids is 2. The van der Waals surface area contributed by atoms with Gasteiger partial charge in [-0.15, -0.1) is 11.3 Å². The van der Waals surface area contributed by atoms with Gasteiger partial charge in [0.15, 0.2) is 11.6 Å². The van der Waals surface area contributed by atoms with Crippen LogP contribution in [0.5, 0.6) is 0 Å². The van der Waals surface area contributed by atoms with Gasteiger partial charge in [-0.3, -0.25) is 23.2 Å². The van der Waals surface area contributed by atoms with Gasteiger partial charge in [0, 0.05) is 153 Å². The zero-order valence-electron chi connectivity index (χ0n) is 88.0. The number of halogens is 14. The Morgan fingerprint density at radius 2 is 0.933 bits per heavy atom. The van der Waals surface area contributed by atoms with Crippen LogP contribution >= 0.6 is 120 Å². The molecule has 0 aliphatic rings. The van der Waals surface area contributed by atoms with E-state index in [-0.39, 0.29) is 233 Å². The number of nitriles is 1. The maximum Gasteiger partial charge on any atom is 1.00 e. The fourth-order valence-electron chi connectivity index (χ4n) is 7.99. The number of nitrogens with one attached hydrogen (secondary N) is 1. The Morgan fingerprint density at radius 3 is 1.28 bits per heavy atom. The quantitative estimate of drug-likeness (QED) is 0.00898. The van der Waals surface area contributed by atoms with Gasteiger partial charge < -0.3 is 63.4 Å². The first-order valence-electron chi connectivity index (χ1n) is 41.9. The number of aliphatic carboxylic acids is 2. The summed E-state index contributed by atoms with van der Waals surface area (Å²) in [5, 5.41) is 76.1. The van der Waals surface area contributed by atoms with Crippen LogP contribution in [0.25, 0.3) is 91.3 Å². The van der Waals surface area contributed by atoms with Gasteiger partial charge in [0.05, 0.1) is 101 Å². The monoisotopic (exact) mass is 2390 g/mol. The summed E-state index contributed by atoms with van der Waals surface area (Å²) in [6.07, 6.45) is 0. The minimum absolute atomic E-state index is 0. The molecule has 13 rings (SSSR count). The summed E-state index contributed by atoms with van der Waals surface area (Å²) in [6, 6.07) is 3.67. The number of benzene rings is 11. The molecule has 2 radical (unpaired) electrons. The number of rotatable bonds is 7. The van der Waals surface area contributed by atoms with Crippen molar-refractivity contribution in [1.82, 2.24) is 4.98 Å². The van der Waals surface area contributed by atoms with Crippen molar-refractivity contribution < 1.29 is 279 Å². The summed E-state index contributed by atoms with van der Waals surface area (Å²) in [5.41, 5.74) is -6.66. The fraction of sp³-hybridized carbons (Fsp3) is 0.0988. The van der Waals surface area contributed by atoms with Crippen molar-refractivity contribution in [2.45, 2.75) is 36.1 Å². The summed E-state index contributed by atoms with van der Waals surface area (Å²) in [4.78, 5) is 47.1. The number of aliphatic hydroxyl groups is 1. The van der Waals surface area contributed by atoms with E-state index in [9.17, 15) is 22.8 Å². The zero-order valence-corrected chi connectivity index (χ0v) is 84.3. The molecule has 0 unspecified atom stereocenters. The number of nitrogens with zero attached hydrogens (tertiary/aromatic N) is 3. The van der Waals surface area contributed by atoms with Crippen molar-refractivity contribution in [1.29, 1.82) is 10.5 Å². The normalized spacial score (nSPS) is 11.8. The number of thiophene rings is 1. The average Bonchev–Trinajstić information content (AvgIpc) is 1.01. The molecule has 0 atom stereocenters. The first-order chi connectivity index (χ1) is 64.5. The number of aliphatic hydroxyl groups excluding tert-OH is 1. The molecule has 2 heterocycles. The predicted molar refractivity (Wildman–Crippen MR) is 476 cm³/mol. The van der Waals surface area contributed by atoms with E-state index >= 15 is 17.6 Å².